The molecule has 1 fully saturated rings. The van der Waals surface area contributed by atoms with Crippen LogP contribution in [0.15, 0.2) is 24.3 Å². The maximum atomic E-state index is 12.0. The number of para-hydroxylation sites is 1. The second-order valence-corrected chi connectivity index (χ2v) is 5.05. The van der Waals surface area contributed by atoms with E-state index in [4.69, 9.17) is 0 Å². The summed E-state index contributed by atoms with van der Waals surface area (Å²) in [7, 11) is 0. The van der Waals surface area contributed by atoms with Gasteiger partial charge in [-0.1, -0.05) is 18.6 Å². The van der Waals surface area contributed by atoms with Crippen LogP contribution in [0.1, 0.15) is 31.2 Å². The molecule has 3 rings (SSSR count). The number of hydrogen-bond donors (Lipinski definition) is 3. The van der Waals surface area contributed by atoms with E-state index in [1.54, 1.807) is 18.2 Å². The van der Waals surface area contributed by atoms with Crippen molar-refractivity contribution in [2.45, 2.75) is 31.3 Å². The van der Waals surface area contributed by atoms with E-state index in [0.29, 0.717) is 24.1 Å². The first kappa shape index (κ1) is 11.4. The number of rotatable bonds is 1. The lowest BCUT2D eigenvalue weighted by atomic mass is 9.73. The molecule has 0 amide bonds. The molecule has 18 heavy (non-hydrogen) atoms. The predicted molar refractivity (Wildman–Crippen MR) is 65.6 cm³/mol. The summed E-state index contributed by atoms with van der Waals surface area (Å²) in [5.74, 6) is -0.722. The lowest BCUT2D eigenvalue weighted by Crippen LogP contribution is -2.67. The summed E-state index contributed by atoms with van der Waals surface area (Å²) in [4.78, 5) is 14.8. The van der Waals surface area contributed by atoms with Crippen LogP contribution in [0.4, 0.5) is 5.69 Å². The molecule has 0 aromatic heterocycles. The number of carbonyl (C=O) groups excluding carboxylic acids is 1. The number of benzene rings is 1. The van der Waals surface area contributed by atoms with E-state index < -0.39 is 11.5 Å². The third kappa shape index (κ3) is 1.42. The average molecular weight is 246 g/mol. The lowest BCUT2D eigenvalue weighted by Gasteiger charge is -2.30. The van der Waals surface area contributed by atoms with Crippen molar-refractivity contribution >= 4 is 17.4 Å². The normalized spacial score (nSPS) is 31.1. The number of ketones is 1. The van der Waals surface area contributed by atoms with Crippen molar-refractivity contribution < 1.29 is 20.0 Å². The van der Waals surface area contributed by atoms with Gasteiger partial charge in [-0.25, -0.2) is 0 Å². The van der Waals surface area contributed by atoms with Crippen LogP contribution in [0.2, 0.25) is 0 Å². The minimum atomic E-state index is -1.56. The third-order valence-corrected chi connectivity index (χ3v) is 4.01. The van der Waals surface area contributed by atoms with Crippen LogP contribution in [0.3, 0.4) is 0 Å². The van der Waals surface area contributed by atoms with Crippen LogP contribution < -0.4 is 4.99 Å². The summed E-state index contributed by atoms with van der Waals surface area (Å²) in [5.41, 5.74) is -0.285. The van der Waals surface area contributed by atoms with Gasteiger partial charge in [0.2, 0.25) is 11.3 Å². The first-order chi connectivity index (χ1) is 8.64. The van der Waals surface area contributed by atoms with Crippen molar-refractivity contribution in [3.05, 3.63) is 29.8 Å². The molecule has 4 nitrogen and oxygen atoms in total. The largest absolute Gasteiger partial charge is 0.461 e. The molecule has 1 aliphatic carbocycles. The minimum Gasteiger partial charge on any atom is -0.461 e. The highest BCUT2D eigenvalue weighted by atomic mass is 16.3. The van der Waals surface area contributed by atoms with E-state index in [1.165, 1.54) is 0 Å². The highest BCUT2D eigenvalue weighted by molar-refractivity contribution is 5.94. The Hall–Kier alpha value is -1.68. The minimum absolute atomic E-state index is 0.0359. The van der Waals surface area contributed by atoms with Crippen LogP contribution in [-0.4, -0.2) is 21.9 Å². The van der Waals surface area contributed by atoms with Gasteiger partial charge in [0.05, 0.1) is 11.5 Å². The monoisotopic (exact) mass is 246 g/mol. The van der Waals surface area contributed by atoms with E-state index in [0.717, 1.165) is 12.8 Å². The molecule has 3 N–H and O–H groups in total. The number of carbonyl (C=O) groups is 1. The van der Waals surface area contributed by atoms with Crippen LogP contribution in [0.25, 0.3) is 0 Å². The molecule has 0 unspecified atom stereocenters. The second-order valence-electron chi connectivity index (χ2n) is 5.05. The van der Waals surface area contributed by atoms with Gasteiger partial charge in [0.25, 0.3) is 0 Å². The van der Waals surface area contributed by atoms with E-state index in [2.05, 4.69) is 4.99 Å². The standard InChI is InChI=1S/C14H15NO3/c16-12-8-4-2-6-10(12)14(18)9-5-1-3-7-11(9)15-13(14)17/h1,3,5,7,10,18H,2,4,6,8H2,(H,15,17)/p+1/t10-,14-/m1/s1. The average Bonchev–Trinajstić information content (AvgIpc) is 2.63. The fraction of sp³-hybridized carbons (Fsp3) is 0.429. The summed E-state index contributed by atoms with van der Waals surface area (Å²) in [6.07, 6.45) is 2.90. The molecule has 0 bridgehead atoms. The SMILES string of the molecule is O=C1CCCC[C@H]1[C@@]1(O)C(O)=[NH+]c2ccccc21. The number of aliphatic hydroxyl groups excluding tert-OH is 1. The van der Waals surface area contributed by atoms with Crippen LogP contribution in [0.5, 0.6) is 0 Å². The molecule has 2 aliphatic rings. The summed E-state index contributed by atoms with van der Waals surface area (Å²) >= 11 is 0. The molecule has 1 saturated carbocycles. The Kier molecular flexibility index (Phi) is 2.48. The Balaban J connectivity index is 2.09. The van der Waals surface area contributed by atoms with Crippen LogP contribution in [-0.2, 0) is 10.4 Å². The molecule has 0 spiro atoms. The first-order valence-corrected chi connectivity index (χ1v) is 6.32. The van der Waals surface area contributed by atoms with Crippen molar-refractivity contribution in [1.29, 1.82) is 0 Å². The molecular weight excluding hydrogens is 230 g/mol. The second kappa shape index (κ2) is 3.92. The van der Waals surface area contributed by atoms with Crippen molar-refractivity contribution in [2.24, 2.45) is 5.92 Å². The van der Waals surface area contributed by atoms with Crippen molar-refractivity contribution in [1.82, 2.24) is 0 Å². The lowest BCUT2D eigenvalue weighted by molar-refractivity contribution is -0.365. The highest BCUT2D eigenvalue weighted by Gasteiger charge is 2.56. The topological polar surface area (TPSA) is 71.5 Å². The maximum Gasteiger partial charge on any atom is 0.376 e. The van der Waals surface area contributed by atoms with Gasteiger partial charge < -0.3 is 10.2 Å². The van der Waals surface area contributed by atoms with Crippen molar-refractivity contribution in [3.63, 3.8) is 0 Å². The Bertz CT molecular complexity index is 538. The van der Waals surface area contributed by atoms with Gasteiger partial charge in [0.15, 0.2) is 0 Å². The van der Waals surface area contributed by atoms with Gasteiger partial charge in [-0.15, -0.1) is 0 Å². The third-order valence-electron chi connectivity index (χ3n) is 4.01. The zero-order valence-electron chi connectivity index (χ0n) is 10.0. The number of Topliss-reactive ketones (excluding diaryl/α,β-unsaturated/α-hetero) is 1. The molecule has 4 heteroatoms. The molecule has 1 heterocycles. The quantitative estimate of drug-likeness (QED) is 0.668. The zero-order valence-corrected chi connectivity index (χ0v) is 10.0. The summed E-state index contributed by atoms with van der Waals surface area (Å²) in [5, 5.41) is 20.9. The van der Waals surface area contributed by atoms with Gasteiger partial charge in [0.1, 0.15) is 5.78 Å². The Morgan fingerprint density at radius 2 is 2.06 bits per heavy atom. The number of nitrogens with one attached hydrogen (secondary N) is 1. The smallest absolute Gasteiger partial charge is 0.376 e. The predicted octanol–water partition coefficient (Wildman–Crippen LogP) is 0.316. The fourth-order valence-electron chi connectivity index (χ4n) is 3.05. The molecular formula is C14H16NO3+. The van der Waals surface area contributed by atoms with Gasteiger partial charge in [-0.3, -0.25) is 4.79 Å². The van der Waals surface area contributed by atoms with Crippen molar-refractivity contribution in [2.75, 3.05) is 0 Å². The summed E-state index contributed by atoms with van der Waals surface area (Å²) < 4.78 is 0. The highest BCUT2D eigenvalue weighted by Crippen LogP contribution is 2.40. The van der Waals surface area contributed by atoms with Gasteiger partial charge >= 0.3 is 5.90 Å². The molecule has 1 aromatic carbocycles. The summed E-state index contributed by atoms with van der Waals surface area (Å²) in [6, 6.07) is 7.18. The summed E-state index contributed by atoms with van der Waals surface area (Å²) in [6.45, 7) is 0. The van der Waals surface area contributed by atoms with Gasteiger partial charge in [0, 0.05) is 12.5 Å². The van der Waals surface area contributed by atoms with Gasteiger partial charge in [-0.2, -0.15) is 4.99 Å². The molecule has 94 valence electrons. The Labute approximate surface area is 105 Å². The van der Waals surface area contributed by atoms with E-state index in [9.17, 15) is 15.0 Å². The van der Waals surface area contributed by atoms with E-state index in [-0.39, 0.29) is 11.7 Å². The fourth-order valence-corrected chi connectivity index (χ4v) is 3.05. The molecule has 1 aromatic rings. The molecule has 0 saturated heterocycles. The first-order valence-electron chi connectivity index (χ1n) is 6.32. The number of hydrogen-bond acceptors (Lipinski definition) is 2. The maximum absolute atomic E-state index is 12.0. The molecule has 2 atom stereocenters. The Morgan fingerprint density at radius 1 is 1.28 bits per heavy atom. The number of aliphatic hydroxyl groups is 2. The molecule has 0 radical (unpaired) electrons. The van der Waals surface area contributed by atoms with Crippen LogP contribution >= 0.6 is 0 Å². The molecule has 1 aliphatic heterocycles. The van der Waals surface area contributed by atoms with Crippen molar-refractivity contribution in [3.8, 4) is 0 Å². The Morgan fingerprint density at radius 3 is 2.83 bits per heavy atom. The van der Waals surface area contributed by atoms with Gasteiger partial charge in [-0.05, 0) is 18.9 Å². The number of fused-ring (bicyclic) bond motifs is 1. The zero-order chi connectivity index (χ0) is 12.8. The van der Waals surface area contributed by atoms with E-state index in [1.807, 2.05) is 6.07 Å². The van der Waals surface area contributed by atoms with E-state index >= 15 is 0 Å². The van der Waals surface area contributed by atoms with Crippen LogP contribution in [0, 0.1) is 5.92 Å².